The van der Waals surface area contributed by atoms with Crippen molar-refractivity contribution in [1.29, 1.82) is 0 Å². The van der Waals surface area contributed by atoms with E-state index in [9.17, 15) is 18.7 Å². The number of likely N-dealkylation sites (tertiary alicyclic amines) is 1. The molecule has 0 saturated carbocycles. The van der Waals surface area contributed by atoms with Gasteiger partial charge in [0.15, 0.2) is 5.82 Å². The van der Waals surface area contributed by atoms with Gasteiger partial charge in [-0.25, -0.2) is 18.7 Å². The summed E-state index contributed by atoms with van der Waals surface area (Å²) in [6.45, 7) is -0.480. The zero-order valence-corrected chi connectivity index (χ0v) is 21.2. The second-order valence-corrected chi connectivity index (χ2v) is 10.0. The van der Waals surface area contributed by atoms with Gasteiger partial charge in [-0.15, -0.1) is 0 Å². The molecule has 3 aromatic heterocycles. The molecule has 0 radical (unpaired) electrons. The van der Waals surface area contributed by atoms with Crippen molar-refractivity contribution in [3.05, 3.63) is 77.9 Å². The minimum absolute atomic E-state index is 0.158. The highest BCUT2D eigenvalue weighted by molar-refractivity contribution is 6.00. The Morgan fingerprint density at radius 1 is 1.02 bits per heavy atom. The molecule has 2 aliphatic heterocycles. The average Bonchev–Trinajstić information content (AvgIpc) is 3.71. The number of rotatable bonds is 6. The third-order valence-corrected chi connectivity index (χ3v) is 7.32. The number of H-pyrrole nitrogens is 1. The molecule has 5 heterocycles. The number of fused-ring (bicyclic) bond motifs is 2. The quantitative estimate of drug-likeness (QED) is 0.257. The van der Waals surface area contributed by atoms with Crippen LogP contribution in [0, 0.1) is 0 Å². The SMILES string of the molecule is O=C(c1cc2ccc(-c3nc4c(c(Nc5ccc(-c6cn[nH]c6)cc5)n3)CNC4)cc2n1CO)N1CC(F)(F)C1. The van der Waals surface area contributed by atoms with Crippen LogP contribution in [-0.4, -0.2) is 59.7 Å². The Morgan fingerprint density at radius 3 is 2.55 bits per heavy atom. The van der Waals surface area contributed by atoms with Gasteiger partial charge in [0.25, 0.3) is 11.8 Å². The van der Waals surface area contributed by atoms with Crippen molar-refractivity contribution in [1.82, 2.24) is 34.9 Å². The van der Waals surface area contributed by atoms with E-state index in [0.717, 1.165) is 33.0 Å². The first kappa shape index (κ1) is 24.4. The Labute approximate surface area is 226 Å². The molecular weight excluding hydrogens is 518 g/mol. The van der Waals surface area contributed by atoms with Crippen LogP contribution in [0.25, 0.3) is 33.4 Å². The first-order chi connectivity index (χ1) is 19.4. The van der Waals surface area contributed by atoms with E-state index in [-0.39, 0.29) is 5.69 Å². The number of aliphatic hydroxyl groups excluding tert-OH is 1. The van der Waals surface area contributed by atoms with Crippen molar-refractivity contribution in [2.75, 3.05) is 18.4 Å². The van der Waals surface area contributed by atoms with E-state index >= 15 is 0 Å². The lowest BCUT2D eigenvalue weighted by Gasteiger charge is -2.38. The Hall–Kier alpha value is -4.68. The van der Waals surface area contributed by atoms with Crippen LogP contribution in [0.3, 0.4) is 0 Å². The second kappa shape index (κ2) is 9.21. The lowest BCUT2D eigenvalue weighted by Crippen LogP contribution is -2.58. The minimum atomic E-state index is -2.87. The molecule has 12 heteroatoms. The van der Waals surface area contributed by atoms with Crippen LogP contribution in [0.1, 0.15) is 21.7 Å². The molecule has 2 aliphatic rings. The van der Waals surface area contributed by atoms with E-state index < -0.39 is 31.7 Å². The predicted molar refractivity (Wildman–Crippen MR) is 144 cm³/mol. The van der Waals surface area contributed by atoms with Gasteiger partial charge in [-0.1, -0.05) is 24.3 Å². The van der Waals surface area contributed by atoms with E-state index in [2.05, 4.69) is 20.8 Å². The van der Waals surface area contributed by atoms with Crippen molar-refractivity contribution < 1.29 is 18.7 Å². The minimum Gasteiger partial charge on any atom is -0.376 e. The number of aromatic amines is 1. The van der Waals surface area contributed by atoms with Crippen LogP contribution in [-0.2, 0) is 19.8 Å². The molecule has 5 aromatic rings. The molecular formula is C28H24F2N8O2. The van der Waals surface area contributed by atoms with Crippen molar-refractivity contribution >= 4 is 28.3 Å². The van der Waals surface area contributed by atoms with Crippen molar-refractivity contribution in [3.8, 4) is 22.5 Å². The van der Waals surface area contributed by atoms with Crippen LogP contribution in [0.2, 0.25) is 0 Å². The summed E-state index contributed by atoms with van der Waals surface area (Å²) in [6.07, 6.45) is 3.61. The van der Waals surface area contributed by atoms with Gasteiger partial charge in [-0.2, -0.15) is 5.10 Å². The summed E-state index contributed by atoms with van der Waals surface area (Å²) < 4.78 is 28.1. The number of amides is 1. The molecule has 0 spiro atoms. The molecule has 0 aliphatic carbocycles. The van der Waals surface area contributed by atoms with E-state index in [4.69, 9.17) is 9.97 Å². The maximum absolute atomic E-state index is 13.4. The number of aliphatic hydroxyl groups is 1. The fourth-order valence-corrected chi connectivity index (χ4v) is 5.23. The molecule has 2 aromatic carbocycles. The van der Waals surface area contributed by atoms with Crippen LogP contribution < -0.4 is 10.6 Å². The molecule has 0 unspecified atom stereocenters. The Balaban J connectivity index is 1.22. The molecule has 1 fully saturated rings. The Bertz CT molecular complexity index is 1740. The van der Waals surface area contributed by atoms with Gasteiger partial charge in [-0.3, -0.25) is 9.89 Å². The largest absolute Gasteiger partial charge is 0.376 e. The molecule has 4 N–H and O–H groups in total. The molecule has 1 saturated heterocycles. The summed E-state index contributed by atoms with van der Waals surface area (Å²) in [5.41, 5.74) is 6.22. The third-order valence-electron chi connectivity index (χ3n) is 7.32. The Morgan fingerprint density at radius 2 is 1.82 bits per heavy atom. The summed E-state index contributed by atoms with van der Waals surface area (Å²) in [5.74, 6) is -2.23. The van der Waals surface area contributed by atoms with Crippen LogP contribution >= 0.6 is 0 Å². The first-order valence-electron chi connectivity index (χ1n) is 12.8. The number of aromatic nitrogens is 5. The van der Waals surface area contributed by atoms with Gasteiger partial charge in [0.1, 0.15) is 18.2 Å². The number of hydrogen-bond donors (Lipinski definition) is 4. The van der Waals surface area contributed by atoms with E-state index in [1.807, 2.05) is 42.6 Å². The number of nitrogens with zero attached hydrogens (tertiary/aromatic N) is 5. The molecule has 1 amide bonds. The van der Waals surface area contributed by atoms with Gasteiger partial charge in [0, 0.05) is 47.1 Å². The predicted octanol–water partition coefficient (Wildman–Crippen LogP) is 3.88. The van der Waals surface area contributed by atoms with E-state index in [0.29, 0.717) is 41.2 Å². The standard InChI is InChI=1S/C28H24F2N8O2/c29-28(30)13-37(14-28)27(40)24-7-17-1-2-18(8-23(17)38(24)15-39)25-35-22-12-31-11-21(22)26(36-25)34-20-5-3-16(4-6-20)19-9-32-33-10-19/h1-10,31,39H,11-15H2,(H,32,33)(H,34,35,36). The molecule has 0 bridgehead atoms. The number of nitrogens with one attached hydrogen (secondary N) is 3. The zero-order chi connectivity index (χ0) is 27.4. The number of hydrogen-bond acceptors (Lipinski definition) is 7. The molecule has 10 nitrogen and oxygen atoms in total. The smallest absolute Gasteiger partial charge is 0.282 e. The molecule has 0 atom stereocenters. The van der Waals surface area contributed by atoms with Crippen LogP contribution in [0.4, 0.5) is 20.3 Å². The molecule has 202 valence electrons. The molecule has 40 heavy (non-hydrogen) atoms. The van der Waals surface area contributed by atoms with Crippen molar-refractivity contribution in [2.45, 2.75) is 25.7 Å². The Kier molecular flexibility index (Phi) is 5.61. The summed E-state index contributed by atoms with van der Waals surface area (Å²) >= 11 is 0. The highest BCUT2D eigenvalue weighted by Crippen LogP contribution is 2.33. The average molecular weight is 543 g/mol. The number of halogens is 2. The van der Waals surface area contributed by atoms with Crippen LogP contribution in [0.5, 0.6) is 0 Å². The van der Waals surface area contributed by atoms with Gasteiger partial charge >= 0.3 is 0 Å². The lowest BCUT2D eigenvalue weighted by molar-refractivity contribution is -0.113. The maximum Gasteiger partial charge on any atom is 0.282 e. The topological polar surface area (TPSA) is 124 Å². The fourth-order valence-electron chi connectivity index (χ4n) is 5.23. The van der Waals surface area contributed by atoms with Gasteiger partial charge in [0.2, 0.25) is 0 Å². The van der Waals surface area contributed by atoms with Gasteiger partial charge in [-0.05, 0) is 29.8 Å². The lowest BCUT2D eigenvalue weighted by atomic mass is 10.1. The third kappa shape index (κ3) is 4.17. The summed E-state index contributed by atoms with van der Waals surface area (Å²) in [7, 11) is 0. The van der Waals surface area contributed by atoms with Crippen LogP contribution in [0.15, 0.2) is 60.9 Å². The van der Waals surface area contributed by atoms with Crippen molar-refractivity contribution in [3.63, 3.8) is 0 Å². The number of alkyl halides is 2. The van der Waals surface area contributed by atoms with Gasteiger partial charge < -0.3 is 25.2 Å². The summed E-state index contributed by atoms with van der Waals surface area (Å²) in [4.78, 5) is 23.6. The maximum atomic E-state index is 13.4. The normalized spacial score (nSPS) is 15.7. The first-order valence-corrected chi connectivity index (χ1v) is 12.8. The molecule has 7 rings (SSSR count). The highest BCUT2D eigenvalue weighted by atomic mass is 19.3. The fraction of sp³-hybridized carbons (Fsp3) is 0.214. The second-order valence-electron chi connectivity index (χ2n) is 10.0. The number of anilines is 2. The summed E-state index contributed by atoms with van der Waals surface area (Å²) in [5, 5.41) is 24.4. The summed E-state index contributed by atoms with van der Waals surface area (Å²) in [6, 6.07) is 15.0. The van der Waals surface area contributed by atoms with E-state index in [1.165, 1.54) is 4.57 Å². The number of carbonyl (C=O) groups is 1. The monoisotopic (exact) mass is 542 g/mol. The number of benzene rings is 2. The number of carbonyl (C=O) groups excluding carboxylic acids is 1. The van der Waals surface area contributed by atoms with Crippen molar-refractivity contribution in [2.24, 2.45) is 0 Å². The zero-order valence-electron chi connectivity index (χ0n) is 21.2. The highest BCUT2D eigenvalue weighted by Gasteiger charge is 2.47. The van der Waals surface area contributed by atoms with Gasteiger partial charge in [0.05, 0.1) is 30.5 Å². The van der Waals surface area contributed by atoms with E-state index in [1.54, 1.807) is 18.3 Å².